The third-order valence-electron chi connectivity index (χ3n) is 3.71. The van der Waals surface area contributed by atoms with Gasteiger partial charge in [-0.3, -0.25) is 0 Å². The zero-order chi connectivity index (χ0) is 9.54. The Balaban J connectivity index is 2.00. The molecule has 1 aliphatic carbocycles. The highest BCUT2D eigenvalue weighted by Gasteiger charge is 2.39. The van der Waals surface area contributed by atoms with Crippen molar-refractivity contribution in [3.63, 3.8) is 0 Å². The highest BCUT2D eigenvalue weighted by Crippen LogP contribution is 2.47. The predicted octanol–water partition coefficient (Wildman–Crippen LogP) is 3.35. The molecule has 3 rings (SSSR count). The van der Waals surface area contributed by atoms with Crippen LogP contribution >= 0.6 is 0 Å². The van der Waals surface area contributed by atoms with E-state index in [1.807, 2.05) is 0 Å². The van der Waals surface area contributed by atoms with Gasteiger partial charge in [-0.05, 0) is 24.8 Å². The zero-order valence-corrected chi connectivity index (χ0v) is 8.57. The fraction of sp³-hybridized carbons (Fsp3) is 0.538. The van der Waals surface area contributed by atoms with E-state index < -0.39 is 0 Å². The fourth-order valence-corrected chi connectivity index (χ4v) is 2.96. The van der Waals surface area contributed by atoms with Gasteiger partial charge in [0.15, 0.2) is 0 Å². The highest BCUT2D eigenvalue weighted by atomic mass is 16.5. The van der Waals surface area contributed by atoms with Crippen LogP contribution in [0.25, 0.3) is 0 Å². The van der Waals surface area contributed by atoms with Crippen LogP contribution in [0.1, 0.15) is 37.7 Å². The van der Waals surface area contributed by atoms with Gasteiger partial charge in [-0.1, -0.05) is 31.5 Å². The molecule has 3 atom stereocenters. The van der Waals surface area contributed by atoms with E-state index in [0.29, 0.717) is 12.0 Å². The minimum absolute atomic E-state index is 0.459. The third-order valence-corrected chi connectivity index (χ3v) is 3.71. The van der Waals surface area contributed by atoms with Gasteiger partial charge in [0.05, 0.1) is 0 Å². The molecule has 2 aliphatic rings. The van der Waals surface area contributed by atoms with Gasteiger partial charge in [0.2, 0.25) is 0 Å². The monoisotopic (exact) mass is 188 g/mol. The maximum atomic E-state index is 6.02. The Bertz CT molecular complexity index is 345. The van der Waals surface area contributed by atoms with E-state index >= 15 is 0 Å². The van der Waals surface area contributed by atoms with Crippen molar-refractivity contribution < 1.29 is 4.74 Å². The molecule has 1 aromatic carbocycles. The first-order chi connectivity index (χ1) is 6.86. The largest absolute Gasteiger partial charge is 0.489 e. The molecule has 0 N–H and O–H groups in total. The summed E-state index contributed by atoms with van der Waals surface area (Å²) in [5, 5.41) is 0. The molecule has 74 valence electrons. The second-order valence-corrected chi connectivity index (χ2v) is 4.63. The summed E-state index contributed by atoms with van der Waals surface area (Å²) in [5.41, 5.74) is 1.45. The Hall–Kier alpha value is -0.980. The van der Waals surface area contributed by atoms with Gasteiger partial charge in [-0.25, -0.2) is 0 Å². The summed E-state index contributed by atoms with van der Waals surface area (Å²) in [6, 6.07) is 8.54. The number of benzene rings is 1. The molecule has 1 nitrogen and oxygen atoms in total. The summed E-state index contributed by atoms with van der Waals surface area (Å²) < 4.78 is 6.02. The van der Waals surface area contributed by atoms with E-state index in [9.17, 15) is 0 Å². The van der Waals surface area contributed by atoms with Gasteiger partial charge in [0.1, 0.15) is 11.9 Å². The first kappa shape index (κ1) is 8.34. The van der Waals surface area contributed by atoms with E-state index in [0.717, 1.165) is 11.7 Å². The molecule has 1 heteroatoms. The molecule has 0 radical (unpaired) electrons. The van der Waals surface area contributed by atoms with Crippen LogP contribution in [-0.4, -0.2) is 6.10 Å². The maximum absolute atomic E-state index is 6.02. The number of para-hydroxylation sites is 1. The van der Waals surface area contributed by atoms with Crippen LogP contribution in [0.2, 0.25) is 0 Å². The number of hydrogen-bond donors (Lipinski definition) is 0. The van der Waals surface area contributed by atoms with Crippen molar-refractivity contribution in [2.45, 2.75) is 38.2 Å². The standard InChI is InChI=1S/C13H16O/c1-9-5-4-7-11-10-6-2-3-8-12(10)14-13(9)11/h2-3,6,8-9,11,13H,4-5,7H2,1H3. The molecule has 0 saturated heterocycles. The Kier molecular flexibility index (Phi) is 1.79. The topological polar surface area (TPSA) is 9.23 Å². The van der Waals surface area contributed by atoms with Gasteiger partial charge in [-0.15, -0.1) is 0 Å². The molecule has 1 fully saturated rings. The van der Waals surface area contributed by atoms with Crippen molar-refractivity contribution in [2.75, 3.05) is 0 Å². The van der Waals surface area contributed by atoms with Crippen LogP contribution in [0.15, 0.2) is 24.3 Å². The predicted molar refractivity (Wildman–Crippen MR) is 56.6 cm³/mol. The lowest BCUT2D eigenvalue weighted by atomic mass is 9.78. The van der Waals surface area contributed by atoms with E-state index in [-0.39, 0.29) is 0 Å². The minimum Gasteiger partial charge on any atom is -0.489 e. The lowest BCUT2D eigenvalue weighted by Crippen LogP contribution is -2.30. The quantitative estimate of drug-likeness (QED) is 0.606. The average molecular weight is 188 g/mol. The third kappa shape index (κ3) is 1.08. The Morgan fingerprint density at radius 1 is 1.21 bits per heavy atom. The van der Waals surface area contributed by atoms with Crippen LogP contribution < -0.4 is 4.74 Å². The second kappa shape index (κ2) is 3.01. The summed E-state index contributed by atoms with van der Waals surface area (Å²) in [6.07, 6.45) is 4.46. The van der Waals surface area contributed by atoms with Gasteiger partial charge in [0.25, 0.3) is 0 Å². The van der Waals surface area contributed by atoms with Gasteiger partial charge >= 0.3 is 0 Å². The van der Waals surface area contributed by atoms with Crippen LogP contribution in [0.5, 0.6) is 5.75 Å². The molecule has 1 aliphatic heterocycles. The van der Waals surface area contributed by atoms with Crippen molar-refractivity contribution in [2.24, 2.45) is 5.92 Å². The van der Waals surface area contributed by atoms with Gasteiger partial charge in [-0.2, -0.15) is 0 Å². The van der Waals surface area contributed by atoms with Crippen LogP contribution in [0.3, 0.4) is 0 Å². The molecular weight excluding hydrogens is 172 g/mol. The lowest BCUT2D eigenvalue weighted by Gasteiger charge is -2.30. The van der Waals surface area contributed by atoms with E-state index in [2.05, 4.69) is 31.2 Å². The lowest BCUT2D eigenvalue weighted by molar-refractivity contribution is 0.109. The van der Waals surface area contributed by atoms with E-state index in [1.54, 1.807) is 0 Å². The van der Waals surface area contributed by atoms with Crippen molar-refractivity contribution in [1.82, 2.24) is 0 Å². The first-order valence-electron chi connectivity index (χ1n) is 5.62. The molecule has 3 unspecified atom stereocenters. The maximum Gasteiger partial charge on any atom is 0.123 e. The molecular formula is C13H16O. The minimum atomic E-state index is 0.459. The van der Waals surface area contributed by atoms with Gasteiger partial charge < -0.3 is 4.74 Å². The molecule has 1 heterocycles. The van der Waals surface area contributed by atoms with Gasteiger partial charge in [0, 0.05) is 11.5 Å². The number of rotatable bonds is 0. The zero-order valence-electron chi connectivity index (χ0n) is 8.57. The normalized spacial score (nSPS) is 34.5. The summed E-state index contributed by atoms with van der Waals surface area (Å²) in [7, 11) is 0. The van der Waals surface area contributed by atoms with Crippen LogP contribution in [-0.2, 0) is 0 Å². The molecule has 0 amide bonds. The fourth-order valence-electron chi connectivity index (χ4n) is 2.96. The average Bonchev–Trinajstić information content (AvgIpc) is 2.59. The molecule has 14 heavy (non-hydrogen) atoms. The second-order valence-electron chi connectivity index (χ2n) is 4.63. The number of hydrogen-bond acceptors (Lipinski definition) is 1. The van der Waals surface area contributed by atoms with Crippen molar-refractivity contribution in [1.29, 1.82) is 0 Å². The summed E-state index contributed by atoms with van der Waals surface area (Å²) >= 11 is 0. The van der Waals surface area contributed by atoms with Crippen LogP contribution in [0, 0.1) is 5.92 Å². The molecule has 1 saturated carbocycles. The summed E-state index contributed by atoms with van der Waals surface area (Å²) in [5.74, 6) is 2.53. The first-order valence-corrected chi connectivity index (χ1v) is 5.62. The van der Waals surface area contributed by atoms with Crippen molar-refractivity contribution >= 4 is 0 Å². The van der Waals surface area contributed by atoms with Crippen molar-refractivity contribution in [3.05, 3.63) is 29.8 Å². The van der Waals surface area contributed by atoms with E-state index in [1.165, 1.54) is 24.8 Å². The molecule has 1 aromatic rings. The van der Waals surface area contributed by atoms with Crippen LogP contribution in [0.4, 0.5) is 0 Å². The molecule has 0 aromatic heterocycles. The van der Waals surface area contributed by atoms with E-state index in [4.69, 9.17) is 4.74 Å². The SMILES string of the molecule is CC1CCCC2c3ccccc3OC12. The van der Waals surface area contributed by atoms with Crippen molar-refractivity contribution in [3.8, 4) is 5.75 Å². The molecule has 0 spiro atoms. The Morgan fingerprint density at radius 2 is 2.07 bits per heavy atom. The molecule has 0 bridgehead atoms. The smallest absolute Gasteiger partial charge is 0.123 e. The summed E-state index contributed by atoms with van der Waals surface area (Å²) in [4.78, 5) is 0. The Labute approximate surface area is 85.1 Å². The summed E-state index contributed by atoms with van der Waals surface area (Å²) in [6.45, 7) is 2.32. The number of fused-ring (bicyclic) bond motifs is 3. The number of ether oxygens (including phenoxy) is 1. The highest BCUT2D eigenvalue weighted by molar-refractivity contribution is 5.41. The Morgan fingerprint density at radius 3 is 3.00 bits per heavy atom.